The van der Waals surface area contributed by atoms with Crippen LogP contribution in [0.4, 0.5) is 19.0 Å². The number of nitrogens with two attached hydrogens (primary N) is 1. The van der Waals surface area contributed by atoms with Gasteiger partial charge in [0.15, 0.2) is 17.3 Å². The third-order valence-corrected chi connectivity index (χ3v) is 11.7. The van der Waals surface area contributed by atoms with Crippen LogP contribution in [-0.2, 0) is 4.79 Å². The summed E-state index contributed by atoms with van der Waals surface area (Å²) in [7, 11) is 0. The quantitative estimate of drug-likeness (QED) is 0.157. The highest BCUT2D eigenvalue weighted by molar-refractivity contribution is 6.52. The number of carboxylic acids is 1. The van der Waals surface area contributed by atoms with Crippen LogP contribution in [-0.4, -0.2) is 56.4 Å². The number of piperidine rings is 1. The first kappa shape index (κ1) is 37.1. The van der Waals surface area contributed by atoms with E-state index in [-0.39, 0.29) is 52.1 Å². The molecule has 0 amide bonds. The second-order valence-corrected chi connectivity index (χ2v) is 15.1. The van der Waals surface area contributed by atoms with Gasteiger partial charge in [-0.1, -0.05) is 48.0 Å². The Morgan fingerprint density at radius 1 is 0.821 bits per heavy atom. The number of allylic oxidation sites excluding steroid dienone is 1. The molecule has 1 aliphatic heterocycles. The van der Waals surface area contributed by atoms with E-state index in [9.17, 15) is 42.6 Å². The molecule has 1 saturated heterocycles. The van der Waals surface area contributed by atoms with Gasteiger partial charge in [-0.05, 0) is 85.3 Å². The molecule has 0 bridgehead atoms. The van der Waals surface area contributed by atoms with E-state index in [0.717, 1.165) is 59.7 Å². The van der Waals surface area contributed by atoms with E-state index in [1.54, 1.807) is 29.2 Å². The maximum atomic E-state index is 14.8. The fourth-order valence-corrected chi connectivity index (χ4v) is 8.53. The number of hydrogen-bond donors (Lipinski definition) is 3. The first-order valence-corrected chi connectivity index (χ1v) is 18.5. The topological polar surface area (TPSA) is 156 Å². The summed E-state index contributed by atoms with van der Waals surface area (Å²) >= 11 is 5.96. The molecule has 2 aromatic heterocycles. The molecular formula is C42H34ClF3N4O6. The molecule has 286 valence electrons. The van der Waals surface area contributed by atoms with Crippen molar-refractivity contribution < 1.29 is 37.8 Å². The maximum absolute atomic E-state index is 14.8. The van der Waals surface area contributed by atoms with Gasteiger partial charge in [0.25, 0.3) is 0 Å². The summed E-state index contributed by atoms with van der Waals surface area (Å²) in [5.74, 6) is -4.41. The number of carbonyl (C=O) groups is 3. The van der Waals surface area contributed by atoms with Crippen LogP contribution in [0.1, 0.15) is 63.4 Å². The van der Waals surface area contributed by atoms with E-state index in [1.165, 1.54) is 5.56 Å². The number of benzene rings is 3. The highest BCUT2D eigenvalue weighted by Gasteiger charge is 2.54. The Morgan fingerprint density at radius 3 is 2.11 bits per heavy atom. The van der Waals surface area contributed by atoms with E-state index in [4.69, 9.17) is 17.3 Å². The number of rotatable bonds is 5. The molecule has 4 aliphatic rings. The molecular weight excluding hydrogens is 749 g/mol. The summed E-state index contributed by atoms with van der Waals surface area (Å²) in [6.45, 7) is 1.01. The van der Waals surface area contributed by atoms with Crippen LogP contribution >= 0.6 is 11.6 Å². The normalized spacial score (nSPS) is 22.7. The molecule has 9 rings (SSSR count). The molecule has 14 heteroatoms. The molecule has 3 aromatic carbocycles. The van der Waals surface area contributed by atoms with Crippen LogP contribution < -0.4 is 16.1 Å². The summed E-state index contributed by atoms with van der Waals surface area (Å²) in [6, 6.07) is 18.4. The average molecular weight is 783 g/mol. The van der Waals surface area contributed by atoms with Crippen LogP contribution in [0.3, 0.4) is 0 Å². The summed E-state index contributed by atoms with van der Waals surface area (Å²) < 4.78 is 43.7. The number of aromatic nitrogens is 2. The highest BCUT2D eigenvalue weighted by Crippen LogP contribution is 2.46. The SMILES string of the molecule is NC1[C@H]2CN(c3nc4c(cc3F)c(=O)c(C(=O)O)cn4-c3ccc(F)cc3F)C[C@@H]12.O=C1C(=O)c2ccccc2C(O)=C1C1CCC(c2ccc(Cl)cc2)CC1. The lowest BCUT2D eigenvalue weighted by molar-refractivity contribution is -0.112. The van der Waals surface area contributed by atoms with Gasteiger partial charge in [-0.3, -0.25) is 19.0 Å². The summed E-state index contributed by atoms with van der Waals surface area (Å²) in [5.41, 5.74) is 6.28. The van der Waals surface area contributed by atoms with Gasteiger partial charge < -0.3 is 20.8 Å². The number of pyridine rings is 2. The van der Waals surface area contributed by atoms with Crippen molar-refractivity contribution in [3.8, 4) is 5.69 Å². The largest absolute Gasteiger partial charge is 0.507 e. The van der Waals surface area contributed by atoms with E-state index in [2.05, 4.69) is 17.1 Å². The number of hydrogen-bond acceptors (Lipinski definition) is 8. The van der Waals surface area contributed by atoms with Gasteiger partial charge in [-0.25, -0.2) is 22.9 Å². The lowest BCUT2D eigenvalue weighted by Gasteiger charge is -2.31. The van der Waals surface area contributed by atoms with Crippen molar-refractivity contribution in [1.82, 2.24) is 9.55 Å². The maximum Gasteiger partial charge on any atom is 0.341 e. The number of Topliss-reactive ketones (excluding diaryl/α,β-unsaturated/α-hetero) is 2. The van der Waals surface area contributed by atoms with Crippen LogP contribution in [0.5, 0.6) is 0 Å². The zero-order valence-electron chi connectivity index (χ0n) is 29.6. The number of ketones is 2. The van der Waals surface area contributed by atoms with Gasteiger partial charge >= 0.3 is 5.97 Å². The number of carbonyl (C=O) groups excluding carboxylic acids is 2. The van der Waals surface area contributed by atoms with Crippen LogP contribution in [0.2, 0.25) is 5.02 Å². The van der Waals surface area contributed by atoms with E-state index >= 15 is 0 Å². The molecule has 3 atom stereocenters. The van der Waals surface area contributed by atoms with Crippen LogP contribution in [0, 0.1) is 35.2 Å². The van der Waals surface area contributed by atoms with Crippen molar-refractivity contribution in [2.75, 3.05) is 18.0 Å². The highest BCUT2D eigenvalue weighted by atomic mass is 35.5. The lowest BCUT2D eigenvalue weighted by Crippen LogP contribution is -2.30. The molecule has 3 fully saturated rings. The van der Waals surface area contributed by atoms with Crippen molar-refractivity contribution in [2.24, 2.45) is 23.5 Å². The van der Waals surface area contributed by atoms with E-state index < -0.39 is 46.0 Å². The van der Waals surface area contributed by atoms with Crippen molar-refractivity contribution >= 4 is 51.7 Å². The third-order valence-electron chi connectivity index (χ3n) is 11.5. The zero-order chi connectivity index (χ0) is 39.6. The van der Waals surface area contributed by atoms with Gasteiger partial charge in [0.2, 0.25) is 17.0 Å². The van der Waals surface area contributed by atoms with E-state index in [0.29, 0.717) is 41.8 Å². The van der Waals surface area contributed by atoms with Crippen LogP contribution in [0.15, 0.2) is 89.4 Å². The number of aromatic carboxylic acids is 1. The van der Waals surface area contributed by atoms with Gasteiger partial charge in [0.1, 0.15) is 23.0 Å². The van der Waals surface area contributed by atoms with Gasteiger partial charge in [-0.2, -0.15) is 0 Å². The molecule has 3 aliphatic carbocycles. The molecule has 4 N–H and O–H groups in total. The summed E-state index contributed by atoms with van der Waals surface area (Å²) in [4.78, 5) is 55.1. The predicted molar refractivity (Wildman–Crippen MR) is 203 cm³/mol. The number of aliphatic hydroxyl groups excluding tert-OH is 1. The Kier molecular flexibility index (Phi) is 9.53. The minimum Gasteiger partial charge on any atom is -0.507 e. The smallest absolute Gasteiger partial charge is 0.341 e. The fraction of sp³-hybridized carbons (Fsp3) is 0.262. The predicted octanol–water partition coefficient (Wildman–Crippen LogP) is 7.24. The number of aliphatic hydroxyl groups is 1. The van der Waals surface area contributed by atoms with Crippen molar-refractivity contribution in [3.05, 3.63) is 140 Å². The molecule has 0 spiro atoms. The minimum atomic E-state index is -1.56. The number of carboxylic acid groups (broad SMARTS) is 1. The number of anilines is 1. The Morgan fingerprint density at radius 2 is 1.46 bits per heavy atom. The zero-order valence-corrected chi connectivity index (χ0v) is 30.3. The molecule has 3 heterocycles. The number of nitrogens with zero attached hydrogens (tertiary/aromatic N) is 3. The minimum absolute atomic E-state index is 0.0138. The standard InChI is InChI=1S/C22H19ClO3.C20H15F3N4O3/c23-16-11-9-14(10-12-16)13-5-7-15(8-6-13)19-20(24)17-3-1-2-4-18(17)21(25)22(19)26;21-8-1-2-15(13(22)3-8)27-7-12(20(29)30)17(28)9-4-14(23)19(25-18(9)27)26-5-10-11(6-26)16(10)24/h1-4,9-13,15,24H,5-8H2;1-4,7,10-11,16H,5-6,24H2,(H,29,30)/t;10-,11+,16?. The third kappa shape index (κ3) is 6.54. The van der Waals surface area contributed by atoms with E-state index in [1.807, 2.05) is 12.1 Å². The second-order valence-electron chi connectivity index (χ2n) is 14.7. The molecule has 2 saturated carbocycles. The Balaban J connectivity index is 0.000000159. The summed E-state index contributed by atoms with van der Waals surface area (Å²) in [6.07, 6.45) is 4.33. The first-order chi connectivity index (χ1) is 26.8. The van der Waals surface area contributed by atoms with Gasteiger partial charge in [0.05, 0.1) is 11.1 Å². The average Bonchev–Trinajstić information content (AvgIpc) is 3.55. The van der Waals surface area contributed by atoms with Crippen LogP contribution in [0.25, 0.3) is 22.5 Å². The molecule has 1 unspecified atom stereocenters. The van der Waals surface area contributed by atoms with Gasteiger partial charge in [-0.15, -0.1) is 0 Å². The summed E-state index contributed by atoms with van der Waals surface area (Å²) in [5, 5.41) is 20.4. The molecule has 10 nitrogen and oxygen atoms in total. The van der Waals surface area contributed by atoms with Gasteiger partial charge in [0, 0.05) is 53.1 Å². The number of fused-ring (bicyclic) bond motifs is 3. The fourth-order valence-electron chi connectivity index (χ4n) is 8.41. The molecule has 56 heavy (non-hydrogen) atoms. The number of halogens is 4. The van der Waals surface area contributed by atoms with Crippen molar-refractivity contribution in [2.45, 2.75) is 37.6 Å². The van der Waals surface area contributed by atoms with Crippen molar-refractivity contribution in [3.63, 3.8) is 0 Å². The van der Waals surface area contributed by atoms with Crippen molar-refractivity contribution in [1.29, 1.82) is 0 Å². The monoisotopic (exact) mass is 782 g/mol. The Bertz CT molecular complexity index is 2540. The molecule has 0 radical (unpaired) electrons. The molecule has 5 aromatic rings. The first-order valence-electron chi connectivity index (χ1n) is 18.1. The Labute approximate surface area is 322 Å². The lowest BCUT2D eigenvalue weighted by atomic mass is 9.72. The Hall–Kier alpha value is -5.79. The second kappa shape index (κ2) is 14.4.